The van der Waals surface area contributed by atoms with E-state index in [0.717, 1.165) is 28.7 Å². The number of methoxy groups -OCH3 is 1. The highest BCUT2D eigenvalue weighted by molar-refractivity contribution is 5.79. The minimum Gasteiger partial charge on any atom is -0.493 e. The maximum atomic E-state index is 12.6. The average molecular weight is 349 g/mol. The maximum Gasteiger partial charge on any atom is 0.260 e. The number of nitrogens with zero attached hydrogens (tertiary/aromatic N) is 3. The fraction of sp³-hybridized carbons (Fsp3) is 0.250. The molecule has 0 aliphatic carbocycles. The zero-order chi connectivity index (χ0) is 17.9. The summed E-state index contributed by atoms with van der Waals surface area (Å²) in [6, 6.07) is 13.3. The van der Waals surface area contributed by atoms with Gasteiger partial charge >= 0.3 is 0 Å². The minimum absolute atomic E-state index is 0.0156. The molecule has 0 bridgehead atoms. The normalized spacial score (nSPS) is 13.3. The van der Waals surface area contributed by atoms with E-state index in [1.807, 2.05) is 35.2 Å². The molecule has 0 spiro atoms. The van der Waals surface area contributed by atoms with Crippen LogP contribution in [-0.2, 0) is 17.8 Å². The molecule has 0 unspecified atom stereocenters. The molecular formula is C20H19N3O3. The van der Waals surface area contributed by atoms with Gasteiger partial charge in [0.2, 0.25) is 0 Å². The lowest BCUT2D eigenvalue weighted by atomic mass is 10.0. The molecule has 0 radical (unpaired) electrons. The third kappa shape index (κ3) is 3.18. The predicted octanol–water partition coefficient (Wildman–Crippen LogP) is 2.60. The lowest BCUT2D eigenvalue weighted by Crippen LogP contribution is -2.39. The zero-order valence-corrected chi connectivity index (χ0v) is 14.5. The van der Waals surface area contributed by atoms with E-state index in [-0.39, 0.29) is 12.5 Å². The summed E-state index contributed by atoms with van der Waals surface area (Å²) in [5, 5.41) is 0.992. The monoisotopic (exact) mass is 349 g/mol. The van der Waals surface area contributed by atoms with Crippen LogP contribution in [0.3, 0.4) is 0 Å². The Morgan fingerprint density at radius 2 is 2.04 bits per heavy atom. The Labute approximate surface area is 151 Å². The molecule has 0 N–H and O–H groups in total. The fourth-order valence-corrected chi connectivity index (χ4v) is 3.15. The summed E-state index contributed by atoms with van der Waals surface area (Å²) in [4.78, 5) is 23.3. The van der Waals surface area contributed by atoms with Crippen LogP contribution in [0.1, 0.15) is 11.3 Å². The van der Waals surface area contributed by atoms with Crippen LogP contribution in [0.15, 0.2) is 48.7 Å². The molecule has 0 saturated heterocycles. The van der Waals surface area contributed by atoms with Crippen molar-refractivity contribution in [3.63, 3.8) is 0 Å². The molecule has 6 heteroatoms. The Balaban J connectivity index is 1.46. The highest BCUT2D eigenvalue weighted by Crippen LogP contribution is 2.26. The Hall–Kier alpha value is -3.15. The molecule has 1 aromatic carbocycles. The number of aromatic nitrogens is 2. The molecule has 0 saturated carbocycles. The number of pyridine rings is 2. The summed E-state index contributed by atoms with van der Waals surface area (Å²) in [6.45, 7) is 1.16. The number of hydrogen-bond acceptors (Lipinski definition) is 5. The number of para-hydroxylation sites is 2. The van der Waals surface area contributed by atoms with Gasteiger partial charge < -0.3 is 14.4 Å². The second kappa shape index (κ2) is 7.00. The van der Waals surface area contributed by atoms with Crippen molar-refractivity contribution in [1.29, 1.82) is 0 Å². The van der Waals surface area contributed by atoms with Gasteiger partial charge in [-0.2, -0.15) is 0 Å². The Morgan fingerprint density at radius 3 is 2.88 bits per heavy atom. The molecule has 0 atom stereocenters. The van der Waals surface area contributed by atoms with Gasteiger partial charge in [0, 0.05) is 36.8 Å². The Morgan fingerprint density at radius 1 is 1.19 bits per heavy atom. The summed E-state index contributed by atoms with van der Waals surface area (Å²) < 4.78 is 10.9. The number of carbonyl (C=O) groups excluding carboxylic acids is 1. The highest BCUT2D eigenvalue weighted by atomic mass is 16.5. The van der Waals surface area contributed by atoms with E-state index in [1.54, 1.807) is 19.4 Å². The summed E-state index contributed by atoms with van der Waals surface area (Å²) in [6.07, 6.45) is 2.47. The maximum absolute atomic E-state index is 12.6. The quantitative estimate of drug-likeness (QED) is 0.724. The van der Waals surface area contributed by atoms with E-state index in [2.05, 4.69) is 16.0 Å². The first kappa shape index (κ1) is 16.3. The molecule has 1 amide bonds. The summed E-state index contributed by atoms with van der Waals surface area (Å²) in [5.74, 6) is 1.14. The van der Waals surface area contributed by atoms with E-state index in [0.29, 0.717) is 24.6 Å². The molecule has 6 nitrogen and oxygen atoms in total. The van der Waals surface area contributed by atoms with E-state index in [9.17, 15) is 4.79 Å². The predicted molar refractivity (Wildman–Crippen MR) is 97.1 cm³/mol. The number of hydrogen-bond donors (Lipinski definition) is 0. The van der Waals surface area contributed by atoms with E-state index in [4.69, 9.17) is 9.47 Å². The van der Waals surface area contributed by atoms with Gasteiger partial charge in [0.05, 0.1) is 7.11 Å². The van der Waals surface area contributed by atoms with Gasteiger partial charge in [-0.3, -0.25) is 4.79 Å². The van der Waals surface area contributed by atoms with Gasteiger partial charge in [-0.05, 0) is 35.9 Å². The van der Waals surface area contributed by atoms with Crippen LogP contribution in [0, 0.1) is 0 Å². The number of ether oxygens (including phenoxy) is 2. The van der Waals surface area contributed by atoms with Gasteiger partial charge in [0.15, 0.2) is 23.8 Å². The molecule has 2 aromatic heterocycles. The van der Waals surface area contributed by atoms with Gasteiger partial charge in [-0.1, -0.05) is 12.1 Å². The molecule has 3 heterocycles. The number of rotatable bonds is 4. The van der Waals surface area contributed by atoms with Crippen molar-refractivity contribution in [3.05, 3.63) is 59.9 Å². The van der Waals surface area contributed by atoms with Crippen molar-refractivity contribution >= 4 is 16.9 Å². The highest BCUT2D eigenvalue weighted by Gasteiger charge is 2.23. The number of amides is 1. The Bertz CT molecular complexity index is 958. The van der Waals surface area contributed by atoms with E-state index in [1.165, 1.54) is 0 Å². The molecule has 26 heavy (non-hydrogen) atoms. The van der Waals surface area contributed by atoms with Crippen molar-refractivity contribution < 1.29 is 14.3 Å². The van der Waals surface area contributed by atoms with E-state index >= 15 is 0 Å². The van der Waals surface area contributed by atoms with Crippen LogP contribution in [0.2, 0.25) is 0 Å². The second-order valence-electron chi connectivity index (χ2n) is 6.15. The van der Waals surface area contributed by atoms with Crippen LogP contribution in [0.25, 0.3) is 11.0 Å². The molecule has 3 aromatic rings. The second-order valence-corrected chi connectivity index (χ2v) is 6.15. The van der Waals surface area contributed by atoms with Gasteiger partial charge in [0.1, 0.15) is 0 Å². The largest absolute Gasteiger partial charge is 0.493 e. The molecular weight excluding hydrogens is 330 g/mol. The molecule has 1 aliphatic rings. The molecule has 0 fully saturated rings. The number of carbonyl (C=O) groups is 1. The third-order valence-electron chi connectivity index (χ3n) is 4.51. The van der Waals surface area contributed by atoms with Crippen LogP contribution in [0.5, 0.6) is 11.5 Å². The summed E-state index contributed by atoms with van der Waals surface area (Å²) in [5.41, 5.74) is 2.85. The smallest absolute Gasteiger partial charge is 0.260 e. The molecule has 1 aliphatic heterocycles. The van der Waals surface area contributed by atoms with Crippen molar-refractivity contribution in [2.24, 2.45) is 0 Å². The number of benzene rings is 1. The first-order valence-electron chi connectivity index (χ1n) is 8.52. The SMILES string of the molecule is COc1ccccc1OCC(=O)N1CCc2nc3ncccc3cc2C1. The van der Waals surface area contributed by atoms with Crippen LogP contribution in [-0.4, -0.2) is 41.0 Å². The summed E-state index contributed by atoms with van der Waals surface area (Å²) in [7, 11) is 1.58. The van der Waals surface area contributed by atoms with Crippen molar-refractivity contribution in [1.82, 2.24) is 14.9 Å². The van der Waals surface area contributed by atoms with Crippen LogP contribution >= 0.6 is 0 Å². The number of fused-ring (bicyclic) bond motifs is 2. The van der Waals surface area contributed by atoms with Crippen LogP contribution in [0.4, 0.5) is 0 Å². The van der Waals surface area contributed by atoms with Crippen molar-refractivity contribution in [2.75, 3.05) is 20.3 Å². The van der Waals surface area contributed by atoms with Crippen molar-refractivity contribution in [3.8, 4) is 11.5 Å². The summed E-state index contributed by atoms with van der Waals surface area (Å²) >= 11 is 0. The topological polar surface area (TPSA) is 64.6 Å². The fourth-order valence-electron chi connectivity index (χ4n) is 3.15. The Kier molecular flexibility index (Phi) is 4.39. The van der Waals surface area contributed by atoms with Crippen molar-refractivity contribution in [2.45, 2.75) is 13.0 Å². The third-order valence-corrected chi connectivity index (χ3v) is 4.51. The lowest BCUT2D eigenvalue weighted by molar-refractivity contribution is -0.134. The van der Waals surface area contributed by atoms with Gasteiger partial charge in [0.25, 0.3) is 5.91 Å². The zero-order valence-electron chi connectivity index (χ0n) is 14.5. The average Bonchev–Trinajstić information content (AvgIpc) is 2.70. The molecule has 132 valence electrons. The van der Waals surface area contributed by atoms with Gasteiger partial charge in [-0.25, -0.2) is 9.97 Å². The first-order valence-corrected chi connectivity index (χ1v) is 8.52. The first-order chi connectivity index (χ1) is 12.7. The van der Waals surface area contributed by atoms with Gasteiger partial charge in [-0.15, -0.1) is 0 Å². The lowest BCUT2D eigenvalue weighted by Gasteiger charge is -2.28. The van der Waals surface area contributed by atoms with E-state index < -0.39 is 0 Å². The minimum atomic E-state index is -0.0483. The molecule has 4 rings (SSSR count). The standard InChI is InChI=1S/C20H19N3O3/c1-25-17-6-2-3-7-18(17)26-13-19(24)23-10-8-16-15(12-23)11-14-5-4-9-21-20(14)22-16/h2-7,9,11H,8,10,12-13H2,1H3. The van der Waals surface area contributed by atoms with Crippen LogP contribution < -0.4 is 9.47 Å².